The van der Waals surface area contributed by atoms with E-state index in [4.69, 9.17) is 4.74 Å². The highest BCUT2D eigenvalue weighted by atomic mass is 16.5. The third-order valence-electron chi connectivity index (χ3n) is 10.4. The largest absolute Gasteiger partial charge is 0.396 e. The summed E-state index contributed by atoms with van der Waals surface area (Å²) in [5.74, 6) is -2.47. The summed E-state index contributed by atoms with van der Waals surface area (Å²) in [4.78, 5) is 49.2. The average Bonchev–Trinajstić information content (AvgIpc) is 3.75. The second-order valence-corrected chi connectivity index (χ2v) is 13.2. The van der Waals surface area contributed by atoms with Crippen molar-refractivity contribution in [3.05, 3.63) is 79.9 Å². The van der Waals surface area contributed by atoms with Gasteiger partial charge in [-0.2, -0.15) is 0 Å². The molecule has 2 aromatic carbocycles. The van der Waals surface area contributed by atoms with Crippen LogP contribution < -0.4 is 4.90 Å². The van der Waals surface area contributed by atoms with E-state index in [0.717, 1.165) is 5.52 Å². The number of nitrogens with zero attached hydrogens (tertiary/aromatic N) is 6. The van der Waals surface area contributed by atoms with Crippen LogP contribution >= 0.6 is 0 Å². The van der Waals surface area contributed by atoms with Crippen molar-refractivity contribution in [3.63, 3.8) is 0 Å². The zero-order valence-electron chi connectivity index (χ0n) is 27.2. The van der Waals surface area contributed by atoms with Gasteiger partial charge in [-0.1, -0.05) is 54.6 Å². The molecule has 3 unspecified atom stereocenters. The first-order chi connectivity index (χ1) is 22.7. The number of anilines is 1. The van der Waals surface area contributed by atoms with Crippen LogP contribution in [0.25, 0.3) is 11.0 Å². The van der Waals surface area contributed by atoms with Crippen LogP contribution in [-0.2, 0) is 25.8 Å². The van der Waals surface area contributed by atoms with E-state index in [9.17, 15) is 19.5 Å². The molecule has 1 spiro atoms. The lowest BCUT2D eigenvalue weighted by Crippen LogP contribution is -2.57. The molecule has 11 nitrogen and oxygen atoms in total. The monoisotopic (exact) mass is 640 g/mol. The standard InChI is InChI=1S/C36H44N6O5/c1-5-19-39(24-42-28-18-12-11-17-27(28)37-38-42)34(46)31-36-23-25(3)35(4,47-36)29(30(36)33(45)41(31)21-13-8-14-22-43)32(44)40(20-6-2)26-15-9-7-10-16-26/h5-7,9-12,15-18,25,29-31,43H,1-2,8,13-14,19-24H2,3-4H3/t25?,29-,30-,31?,35+,36?/m0/s1. The van der Waals surface area contributed by atoms with Crippen molar-refractivity contribution in [1.29, 1.82) is 0 Å². The van der Waals surface area contributed by atoms with Crippen LogP contribution in [0.5, 0.6) is 0 Å². The molecule has 0 aliphatic carbocycles. The molecule has 47 heavy (non-hydrogen) atoms. The third-order valence-corrected chi connectivity index (χ3v) is 10.4. The molecule has 248 valence electrons. The number of aromatic nitrogens is 3. The highest BCUT2D eigenvalue weighted by Crippen LogP contribution is 2.65. The molecule has 6 rings (SSSR count). The first kappa shape index (κ1) is 32.6. The molecule has 11 heteroatoms. The first-order valence-electron chi connectivity index (χ1n) is 16.5. The normalized spacial score (nSPS) is 27.6. The molecule has 3 amide bonds. The van der Waals surface area contributed by atoms with Crippen molar-refractivity contribution in [2.75, 3.05) is 31.1 Å². The molecule has 4 heterocycles. The first-order valence-corrected chi connectivity index (χ1v) is 16.5. The molecule has 0 radical (unpaired) electrons. The molecule has 6 atom stereocenters. The predicted octanol–water partition coefficient (Wildman–Crippen LogP) is 3.80. The van der Waals surface area contributed by atoms with E-state index >= 15 is 0 Å². The second kappa shape index (κ2) is 13.0. The van der Waals surface area contributed by atoms with E-state index in [0.29, 0.717) is 43.4 Å². The summed E-state index contributed by atoms with van der Waals surface area (Å²) in [6, 6.07) is 16.0. The fraction of sp³-hybridized carbons (Fsp3) is 0.472. The maximum Gasteiger partial charge on any atom is 0.250 e. The van der Waals surface area contributed by atoms with Gasteiger partial charge in [-0.25, -0.2) is 4.68 Å². The Kier molecular flexibility index (Phi) is 9.04. The lowest BCUT2D eigenvalue weighted by atomic mass is 9.62. The van der Waals surface area contributed by atoms with Crippen molar-refractivity contribution in [2.45, 2.75) is 63.4 Å². The van der Waals surface area contributed by atoms with Crippen molar-refractivity contribution >= 4 is 34.4 Å². The van der Waals surface area contributed by atoms with Crippen molar-refractivity contribution in [1.82, 2.24) is 24.8 Å². The molecular weight excluding hydrogens is 596 g/mol. The topological polar surface area (TPSA) is 121 Å². The van der Waals surface area contributed by atoms with E-state index in [1.54, 1.807) is 31.5 Å². The van der Waals surface area contributed by atoms with Gasteiger partial charge in [0.25, 0.3) is 0 Å². The third kappa shape index (κ3) is 5.35. The van der Waals surface area contributed by atoms with Gasteiger partial charge in [0.2, 0.25) is 17.7 Å². The number of likely N-dealkylation sites (tertiary alicyclic amines) is 1. The van der Waals surface area contributed by atoms with Gasteiger partial charge < -0.3 is 24.5 Å². The highest BCUT2D eigenvalue weighted by Gasteiger charge is 2.80. The maximum atomic E-state index is 14.9. The molecule has 3 aliphatic heterocycles. The summed E-state index contributed by atoms with van der Waals surface area (Å²) in [6.07, 6.45) is 5.69. The van der Waals surface area contributed by atoms with Gasteiger partial charge in [-0.05, 0) is 62.8 Å². The summed E-state index contributed by atoms with van der Waals surface area (Å²) in [6.45, 7) is 12.7. The van der Waals surface area contributed by atoms with Gasteiger partial charge in [-0.3, -0.25) is 14.4 Å². The Morgan fingerprint density at radius 2 is 1.77 bits per heavy atom. The Morgan fingerprint density at radius 1 is 1.04 bits per heavy atom. The summed E-state index contributed by atoms with van der Waals surface area (Å²) in [7, 11) is 0. The van der Waals surface area contributed by atoms with Gasteiger partial charge in [0.15, 0.2) is 0 Å². The lowest BCUT2D eigenvalue weighted by Gasteiger charge is -2.39. The number of hydrogen-bond acceptors (Lipinski definition) is 7. The number of para-hydroxylation sites is 2. The van der Waals surface area contributed by atoms with E-state index in [1.807, 2.05) is 68.4 Å². The predicted molar refractivity (Wildman–Crippen MR) is 178 cm³/mol. The quantitative estimate of drug-likeness (QED) is 0.210. The minimum atomic E-state index is -1.19. The Hall–Kier alpha value is -4.35. The van der Waals surface area contributed by atoms with Crippen LogP contribution in [0.2, 0.25) is 0 Å². The summed E-state index contributed by atoms with van der Waals surface area (Å²) >= 11 is 0. The van der Waals surface area contributed by atoms with Gasteiger partial charge in [0.05, 0.1) is 23.0 Å². The number of benzene rings is 2. The number of amides is 3. The zero-order valence-corrected chi connectivity index (χ0v) is 27.2. The number of carbonyl (C=O) groups is 3. The number of hydrogen-bond donors (Lipinski definition) is 1. The molecule has 0 saturated carbocycles. The van der Waals surface area contributed by atoms with Crippen LogP contribution in [0.1, 0.15) is 39.5 Å². The smallest absolute Gasteiger partial charge is 0.250 e. The van der Waals surface area contributed by atoms with Crippen molar-refractivity contribution in [2.24, 2.45) is 17.8 Å². The summed E-state index contributed by atoms with van der Waals surface area (Å²) < 4.78 is 8.66. The minimum Gasteiger partial charge on any atom is -0.396 e. The van der Waals surface area contributed by atoms with E-state index in [-0.39, 0.29) is 50.0 Å². The molecule has 3 fully saturated rings. The Bertz CT molecular complexity index is 1660. The van der Waals surface area contributed by atoms with Gasteiger partial charge in [0.1, 0.15) is 23.8 Å². The van der Waals surface area contributed by atoms with Gasteiger partial charge in [0, 0.05) is 31.9 Å². The Balaban J connectivity index is 1.41. The fourth-order valence-electron chi connectivity index (χ4n) is 8.16. The van der Waals surface area contributed by atoms with Crippen LogP contribution in [0.3, 0.4) is 0 Å². The fourth-order valence-corrected chi connectivity index (χ4v) is 8.16. The SMILES string of the molecule is C=CCN(Cn1nnc2ccccc21)C(=O)C1N(CCCCCO)C(=O)[C@@H]2[C@@H](C(=O)N(CC=C)c3ccccc3)[C@]3(C)OC12CC3C. The highest BCUT2D eigenvalue weighted by molar-refractivity contribution is 6.03. The summed E-state index contributed by atoms with van der Waals surface area (Å²) in [5, 5.41) is 18.0. The molecule has 1 aromatic heterocycles. The Labute approximate surface area is 275 Å². The number of carbonyl (C=O) groups excluding carboxylic acids is 3. The lowest BCUT2D eigenvalue weighted by molar-refractivity contribution is -0.153. The second-order valence-electron chi connectivity index (χ2n) is 13.2. The number of unbranched alkanes of at least 4 members (excludes halogenated alkanes) is 2. The average molecular weight is 641 g/mol. The van der Waals surface area contributed by atoms with E-state index in [1.165, 1.54) is 0 Å². The summed E-state index contributed by atoms with van der Waals surface area (Å²) in [5.41, 5.74) is 0.0453. The van der Waals surface area contributed by atoms with Gasteiger partial charge >= 0.3 is 0 Å². The molecule has 2 bridgehead atoms. The molecule has 3 aliphatic rings. The van der Waals surface area contributed by atoms with Crippen LogP contribution in [-0.4, -0.2) is 91.1 Å². The van der Waals surface area contributed by atoms with E-state index < -0.39 is 29.1 Å². The molecule has 3 saturated heterocycles. The Morgan fingerprint density at radius 3 is 2.49 bits per heavy atom. The number of aliphatic hydroxyl groups excluding tert-OH is 1. The van der Waals surface area contributed by atoms with E-state index in [2.05, 4.69) is 23.5 Å². The molecular formula is C36H44N6O5. The van der Waals surface area contributed by atoms with Crippen LogP contribution in [0, 0.1) is 17.8 Å². The zero-order chi connectivity index (χ0) is 33.3. The number of aliphatic hydroxyl groups is 1. The van der Waals surface area contributed by atoms with Gasteiger partial charge in [-0.15, -0.1) is 18.3 Å². The maximum absolute atomic E-state index is 14.9. The number of ether oxygens (including phenoxy) is 1. The number of fused-ring (bicyclic) bond motifs is 2. The molecule has 3 aromatic rings. The van der Waals surface area contributed by atoms with Crippen molar-refractivity contribution < 1.29 is 24.2 Å². The van der Waals surface area contributed by atoms with Crippen LogP contribution in [0.4, 0.5) is 5.69 Å². The molecule has 1 N–H and O–H groups in total. The van der Waals surface area contributed by atoms with Crippen LogP contribution in [0.15, 0.2) is 79.9 Å². The number of rotatable bonds is 14. The van der Waals surface area contributed by atoms with Crippen molar-refractivity contribution in [3.8, 4) is 0 Å². The minimum absolute atomic E-state index is 0.0516.